The molecular weight excluding hydrogens is 236 g/mol. The number of benzene rings is 1. The quantitative estimate of drug-likeness (QED) is 0.769. The molecule has 0 aromatic heterocycles. The lowest BCUT2D eigenvalue weighted by atomic mass is 9.96. The molecule has 3 atom stereocenters. The van der Waals surface area contributed by atoms with Crippen LogP contribution in [0.4, 0.5) is 5.69 Å². The van der Waals surface area contributed by atoms with Crippen LogP contribution >= 0.6 is 0 Å². The van der Waals surface area contributed by atoms with Crippen molar-refractivity contribution in [2.24, 2.45) is 0 Å². The Bertz CT molecular complexity index is 513. The minimum atomic E-state index is 0.301. The van der Waals surface area contributed by atoms with E-state index in [1.807, 2.05) is 12.1 Å². The van der Waals surface area contributed by atoms with Crippen LogP contribution in [0.2, 0.25) is 0 Å². The van der Waals surface area contributed by atoms with Gasteiger partial charge in [-0.2, -0.15) is 0 Å². The zero-order valence-corrected chi connectivity index (χ0v) is 11.4. The van der Waals surface area contributed by atoms with Crippen molar-refractivity contribution < 1.29 is 4.79 Å². The van der Waals surface area contributed by atoms with Gasteiger partial charge in [-0.25, -0.2) is 0 Å². The molecule has 1 aromatic rings. The van der Waals surface area contributed by atoms with E-state index in [9.17, 15) is 4.79 Å². The van der Waals surface area contributed by atoms with Crippen molar-refractivity contribution >= 4 is 11.6 Å². The third-order valence-corrected chi connectivity index (χ3v) is 5.30. The lowest BCUT2D eigenvalue weighted by Gasteiger charge is -2.40. The van der Waals surface area contributed by atoms with Crippen LogP contribution in [-0.4, -0.2) is 36.0 Å². The topological polar surface area (TPSA) is 23.6 Å². The van der Waals surface area contributed by atoms with Crippen molar-refractivity contribution in [3.05, 3.63) is 29.8 Å². The maximum absolute atomic E-state index is 12.4. The van der Waals surface area contributed by atoms with Crippen LogP contribution in [0.5, 0.6) is 0 Å². The number of hydrogen-bond acceptors (Lipinski definition) is 2. The Hall–Kier alpha value is -1.35. The molecule has 2 fully saturated rings. The predicted molar refractivity (Wildman–Crippen MR) is 75.2 cm³/mol. The monoisotopic (exact) mass is 256 g/mol. The first-order valence-corrected chi connectivity index (χ1v) is 7.36. The molecule has 2 saturated heterocycles. The summed E-state index contributed by atoms with van der Waals surface area (Å²) in [6.45, 7) is 0. The fraction of sp³-hybridized carbons (Fsp3) is 0.562. The number of nitrogens with zero attached hydrogens (tertiary/aromatic N) is 2. The van der Waals surface area contributed by atoms with Crippen LogP contribution in [0.15, 0.2) is 24.3 Å². The fourth-order valence-electron chi connectivity index (χ4n) is 4.27. The number of piperidine rings is 1. The van der Waals surface area contributed by atoms with E-state index >= 15 is 0 Å². The van der Waals surface area contributed by atoms with Gasteiger partial charge < -0.3 is 9.80 Å². The Kier molecular flexibility index (Phi) is 2.46. The summed E-state index contributed by atoms with van der Waals surface area (Å²) >= 11 is 0. The smallest absolute Gasteiger partial charge is 0.231 e. The van der Waals surface area contributed by atoms with Crippen LogP contribution in [0.25, 0.3) is 0 Å². The van der Waals surface area contributed by atoms with Gasteiger partial charge in [-0.05, 0) is 44.4 Å². The third-order valence-electron chi connectivity index (χ3n) is 5.30. The van der Waals surface area contributed by atoms with Crippen molar-refractivity contribution in [3.63, 3.8) is 0 Å². The summed E-state index contributed by atoms with van der Waals surface area (Å²) in [6, 6.07) is 10.1. The molecule has 3 aliphatic heterocycles. The second kappa shape index (κ2) is 4.07. The van der Waals surface area contributed by atoms with Crippen molar-refractivity contribution in [1.82, 2.24) is 4.90 Å². The van der Waals surface area contributed by atoms with E-state index in [0.717, 1.165) is 12.8 Å². The standard InChI is InChI=1S/C16H20N2O/c1-17-12-6-7-13(17)10-14(9-12)18-15-5-3-2-4-11(15)8-16(18)19/h2-5,12-14H,6-10H2,1H3/t12-,13+,14?. The van der Waals surface area contributed by atoms with Gasteiger partial charge in [-0.1, -0.05) is 18.2 Å². The van der Waals surface area contributed by atoms with Crippen molar-refractivity contribution in [2.45, 2.75) is 50.2 Å². The predicted octanol–water partition coefficient (Wildman–Crippen LogP) is 2.20. The van der Waals surface area contributed by atoms with E-state index in [1.165, 1.54) is 24.1 Å². The highest BCUT2D eigenvalue weighted by Crippen LogP contribution is 2.40. The van der Waals surface area contributed by atoms with E-state index < -0.39 is 0 Å². The van der Waals surface area contributed by atoms with E-state index in [1.54, 1.807) is 0 Å². The number of rotatable bonds is 1. The molecule has 0 spiro atoms. The number of carbonyl (C=O) groups is 1. The minimum absolute atomic E-state index is 0.301. The lowest BCUT2D eigenvalue weighted by Crippen LogP contribution is -2.50. The van der Waals surface area contributed by atoms with Crippen molar-refractivity contribution in [3.8, 4) is 0 Å². The van der Waals surface area contributed by atoms with Gasteiger partial charge in [0.25, 0.3) is 0 Å². The molecule has 3 heterocycles. The van der Waals surface area contributed by atoms with Gasteiger partial charge in [0.2, 0.25) is 5.91 Å². The van der Waals surface area contributed by atoms with Crippen LogP contribution in [0.1, 0.15) is 31.2 Å². The molecule has 2 bridgehead atoms. The molecule has 3 aliphatic rings. The highest BCUT2D eigenvalue weighted by molar-refractivity contribution is 6.01. The van der Waals surface area contributed by atoms with Crippen LogP contribution in [0, 0.1) is 0 Å². The third kappa shape index (κ3) is 1.64. The molecule has 3 nitrogen and oxygen atoms in total. The molecule has 3 heteroatoms. The van der Waals surface area contributed by atoms with E-state index in [2.05, 4.69) is 29.0 Å². The fourth-order valence-corrected chi connectivity index (χ4v) is 4.27. The summed E-state index contributed by atoms with van der Waals surface area (Å²) in [5.74, 6) is 0.301. The first-order chi connectivity index (χ1) is 9.24. The number of carbonyl (C=O) groups excluding carboxylic acids is 1. The second-order valence-corrected chi connectivity index (χ2v) is 6.24. The molecule has 0 radical (unpaired) electrons. The van der Waals surface area contributed by atoms with E-state index in [4.69, 9.17) is 0 Å². The summed E-state index contributed by atoms with van der Waals surface area (Å²) in [5.41, 5.74) is 2.38. The number of anilines is 1. The van der Waals surface area contributed by atoms with Crippen LogP contribution < -0.4 is 4.90 Å². The van der Waals surface area contributed by atoms with Gasteiger partial charge in [0, 0.05) is 23.8 Å². The van der Waals surface area contributed by atoms with E-state index in [-0.39, 0.29) is 0 Å². The molecule has 1 amide bonds. The summed E-state index contributed by atoms with van der Waals surface area (Å²) in [4.78, 5) is 17.0. The lowest BCUT2D eigenvalue weighted by molar-refractivity contribution is -0.118. The zero-order valence-electron chi connectivity index (χ0n) is 11.4. The Morgan fingerprint density at radius 2 is 1.74 bits per heavy atom. The van der Waals surface area contributed by atoms with Gasteiger partial charge in [-0.3, -0.25) is 4.79 Å². The molecule has 1 unspecified atom stereocenters. The maximum atomic E-state index is 12.4. The van der Waals surface area contributed by atoms with Crippen LogP contribution in [-0.2, 0) is 11.2 Å². The average molecular weight is 256 g/mol. The molecule has 19 heavy (non-hydrogen) atoms. The molecule has 100 valence electrons. The molecule has 4 rings (SSSR count). The highest BCUT2D eigenvalue weighted by Gasteiger charge is 2.43. The van der Waals surface area contributed by atoms with Gasteiger partial charge >= 0.3 is 0 Å². The summed E-state index contributed by atoms with van der Waals surface area (Å²) in [7, 11) is 2.25. The Morgan fingerprint density at radius 1 is 1.05 bits per heavy atom. The Labute approximate surface area is 114 Å². The van der Waals surface area contributed by atoms with Gasteiger partial charge in [0.15, 0.2) is 0 Å². The van der Waals surface area contributed by atoms with E-state index in [0.29, 0.717) is 30.5 Å². The first kappa shape index (κ1) is 11.5. The number of amides is 1. The number of hydrogen-bond donors (Lipinski definition) is 0. The Morgan fingerprint density at radius 3 is 2.47 bits per heavy atom. The maximum Gasteiger partial charge on any atom is 0.231 e. The normalized spacial score (nSPS) is 33.8. The minimum Gasteiger partial charge on any atom is -0.309 e. The van der Waals surface area contributed by atoms with Crippen LogP contribution in [0.3, 0.4) is 0 Å². The van der Waals surface area contributed by atoms with Crippen molar-refractivity contribution in [2.75, 3.05) is 11.9 Å². The van der Waals surface area contributed by atoms with Gasteiger partial charge in [0.1, 0.15) is 0 Å². The summed E-state index contributed by atoms with van der Waals surface area (Å²) in [5, 5.41) is 0. The second-order valence-electron chi connectivity index (χ2n) is 6.24. The highest BCUT2D eigenvalue weighted by atomic mass is 16.2. The van der Waals surface area contributed by atoms with Gasteiger partial charge in [-0.15, -0.1) is 0 Å². The summed E-state index contributed by atoms with van der Waals surface area (Å²) < 4.78 is 0. The summed E-state index contributed by atoms with van der Waals surface area (Å²) in [6.07, 6.45) is 5.50. The molecule has 0 N–H and O–H groups in total. The first-order valence-electron chi connectivity index (χ1n) is 7.36. The van der Waals surface area contributed by atoms with Crippen molar-refractivity contribution in [1.29, 1.82) is 0 Å². The molecule has 0 saturated carbocycles. The molecule has 1 aromatic carbocycles. The average Bonchev–Trinajstić information content (AvgIpc) is 2.82. The zero-order chi connectivity index (χ0) is 13.0. The molecular formula is C16H20N2O. The molecule has 0 aliphatic carbocycles. The number of para-hydroxylation sites is 1. The largest absolute Gasteiger partial charge is 0.309 e. The number of fused-ring (bicyclic) bond motifs is 3. The van der Waals surface area contributed by atoms with Gasteiger partial charge in [0.05, 0.1) is 6.42 Å². The Balaban J connectivity index is 1.65. The SMILES string of the molecule is CN1[C@@H]2CC[C@H]1CC(N1C(=O)Cc3ccccc31)C2.